The Balaban J connectivity index is 1.68. The standard InChI is InChI=1S/C20H27N3O2/c1-16-8-4-5-9-17(16)14-23-20(21-2)22-12-13-25-15-18-10-6-7-11-19(18)24-3/h4-11H,12-15H2,1-3H3,(H2,21,22,23). The predicted octanol–water partition coefficient (Wildman–Crippen LogP) is 2.89. The van der Waals surface area contributed by atoms with Crippen LogP contribution < -0.4 is 15.4 Å². The van der Waals surface area contributed by atoms with E-state index in [0.717, 1.165) is 23.8 Å². The van der Waals surface area contributed by atoms with Crippen LogP contribution in [0.1, 0.15) is 16.7 Å². The molecule has 2 rings (SSSR count). The van der Waals surface area contributed by atoms with Gasteiger partial charge < -0.3 is 20.1 Å². The zero-order chi connectivity index (χ0) is 17.9. The SMILES string of the molecule is CN=C(NCCOCc1ccccc1OC)NCc1ccccc1C. The first-order chi connectivity index (χ1) is 12.2. The Bertz CT molecular complexity index is 686. The molecule has 2 N–H and O–H groups in total. The number of nitrogens with zero attached hydrogens (tertiary/aromatic N) is 1. The number of aryl methyl sites for hydroxylation is 1. The Morgan fingerprint density at radius 1 is 1.00 bits per heavy atom. The van der Waals surface area contributed by atoms with E-state index in [4.69, 9.17) is 9.47 Å². The number of methoxy groups -OCH3 is 1. The first-order valence-electron chi connectivity index (χ1n) is 8.43. The largest absolute Gasteiger partial charge is 0.496 e. The van der Waals surface area contributed by atoms with Gasteiger partial charge in [0.25, 0.3) is 0 Å². The van der Waals surface area contributed by atoms with Crippen molar-refractivity contribution in [2.24, 2.45) is 4.99 Å². The van der Waals surface area contributed by atoms with Crippen LogP contribution in [-0.2, 0) is 17.9 Å². The molecule has 5 nitrogen and oxygen atoms in total. The van der Waals surface area contributed by atoms with E-state index in [1.165, 1.54) is 11.1 Å². The van der Waals surface area contributed by atoms with Crippen LogP contribution >= 0.6 is 0 Å². The maximum atomic E-state index is 5.71. The van der Waals surface area contributed by atoms with Crippen molar-refractivity contribution in [2.45, 2.75) is 20.1 Å². The molecule has 25 heavy (non-hydrogen) atoms. The normalized spacial score (nSPS) is 11.2. The highest BCUT2D eigenvalue weighted by atomic mass is 16.5. The van der Waals surface area contributed by atoms with Crippen molar-refractivity contribution in [3.8, 4) is 5.75 Å². The van der Waals surface area contributed by atoms with Gasteiger partial charge in [0.1, 0.15) is 5.75 Å². The Morgan fingerprint density at radius 2 is 1.72 bits per heavy atom. The molecule has 0 atom stereocenters. The summed E-state index contributed by atoms with van der Waals surface area (Å²) in [5.74, 6) is 1.62. The second-order valence-electron chi connectivity index (χ2n) is 5.64. The van der Waals surface area contributed by atoms with E-state index in [1.807, 2.05) is 36.4 Å². The molecule has 134 valence electrons. The van der Waals surface area contributed by atoms with E-state index in [9.17, 15) is 0 Å². The third-order valence-corrected chi connectivity index (χ3v) is 3.92. The first-order valence-corrected chi connectivity index (χ1v) is 8.43. The number of rotatable bonds is 8. The Morgan fingerprint density at radius 3 is 2.44 bits per heavy atom. The lowest BCUT2D eigenvalue weighted by molar-refractivity contribution is 0.123. The van der Waals surface area contributed by atoms with Crippen molar-refractivity contribution in [2.75, 3.05) is 27.3 Å². The summed E-state index contributed by atoms with van der Waals surface area (Å²) in [6.07, 6.45) is 0. The molecule has 0 saturated heterocycles. The fraction of sp³-hybridized carbons (Fsp3) is 0.350. The molecule has 0 saturated carbocycles. The molecule has 0 amide bonds. The lowest BCUT2D eigenvalue weighted by atomic mass is 10.1. The average molecular weight is 341 g/mol. The number of ether oxygens (including phenoxy) is 2. The van der Waals surface area contributed by atoms with Crippen LogP contribution in [-0.4, -0.2) is 33.3 Å². The van der Waals surface area contributed by atoms with Gasteiger partial charge in [0.05, 0.1) is 20.3 Å². The molecule has 0 spiro atoms. The summed E-state index contributed by atoms with van der Waals surface area (Å²) in [6, 6.07) is 16.2. The van der Waals surface area contributed by atoms with Crippen LogP contribution in [0.2, 0.25) is 0 Å². The van der Waals surface area contributed by atoms with E-state index >= 15 is 0 Å². The number of benzene rings is 2. The lowest BCUT2D eigenvalue weighted by Gasteiger charge is -2.13. The van der Waals surface area contributed by atoms with E-state index in [0.29, 0.717) is 19.8 Å². The zero-order valence-electron chi connectivity index (χ0n) is 15.2. The smallest absolute Gasteiger partial charge is 0.191 e. The first kappa shape index (κ1) is 18.8. The molecule has 0 aliphatic rings. The number of aliphatic imine (C=N–C) groups is 1. The molecular weight excluding hydrogens is 314 g/mol. The Kier molecular flexibility index (Phi) is 7.79. The molecule has 0 aliphatic heterocycles. The quantitative estimate of drug-likeness (QED) is 0.440. The third-order valence-electron chi connectivity index (χ3n) is 3.92. The summed E-state index contributed by atoms with van der Waals surface area (Å²) in [5.41, 5.74) is 3.58. The summed E-state index contributed by atoms with van der Waals surface area (Å²) in [6.45, 7) is 4.65. The van der Waals surface area contributed by atoms with Crippen molar-refractivity contribution in [3.05, 3.63) is 65.2 Å². The van der Waals surface area contributed by atoms with Gasteiger partial charge in [0, 0.05) is 25.7 Å². The highest BCUT2D eigenvalue weighted by molar-refractivity contribution is 5.79. The van der Waals surface area contributed by atoms with Crippen LogP contribution in [0.15, 0.2) is 53.5 Å². The molecule has 0 aliphatic carbocycles. The fourth-order valence-corrected chi connectivity index (χ4v) is 2.45. The monoisotopic (exact) mass is 341 g/mol. The molecule has 2 aromatic rings. The molecule has 0 bridgehead atoms. The average Bonchev–Trinajstić information content (AvgIpc) is 2.65. The maximum absolute atomic E-state index is 5.71. The lowest BCUT2D eigenvalue weighted by Crippen LogP contribution is -2.38. The van der Waals surface area contributed by atoms with Crippen molar-refractivity contribution < 1.29 is 9.47 Å². The molecule has 0 unspecified atom stereocenters. The van der Waals surface area contributed by atoms with E-state index in [-0.39, 0.29) is 0 Å². The Hall–Kier alpha value is -2.53. The second kappa shape index (κ2) is 10.4. The van der Waals surface area contributed by atoms with Gasteiger partial charge in [-0.2, -0.15) is 0 Å². The van der Waals surface area contributed by atoms with Crippen LogP contribution in [0.4, 0.5) is 0 Å². The van der Waals surface area contributed by atoms with Gasteiger partial charge in [-0.3, -0.25) is 4.99 Å². The van der Waals surface area contributed by atoms with E-state index < -0.39 is 0 Å². The summed E-state index contributed by atoms with van der Waals surface area (Å²) in [5, 5.41) is 6.57. The van der Waals surface area contributed by atoms with Crippen LogP contribution in [0, 0.1) is 6.92 Å². The van der Waals surface area contributed by atoms with Crippen LogP contribution in [0.5, 0.6) is 5.75 Å². The summed E-state index contributed by atoms with van der Waals surface area (Å²) >= 11 is 0. The van der Waals surface area contributed by atoms with Gasteiger partial charge in [0.15, 0.2) is 5.96 Å². The number of hydrogen-bond donors (Lipinski definition) is 2. The number of nitrogens with one attached hydrogen (secondary N) is 2. The van der Waals surface area contributed by atoms with Crippen molar-refractivity contribution in [1.29, 1.82) is 0 Å². The molecule has 0 heterocycles. The van der Waals surface area contributed by atoms with Gasteiger partial charge in [0.2, 0.25) is 0 Å². The predicted molar refractivity (Wildman–Crippen MR) is 102 cm³/mol. The minimum Gasteiger partial charge on any atom is -0.496 e. The molecular formula is C20H27N3O2. The topological polar surface area (TPSA) is 54.9 Å². The number of hydrogen-bond acceptors (Lipinski definition) is 3. The van der Waals surface area contributed by atoms with Gasteiger partial charge >= 0.3 is 0 Å². The second-order valence-corrected chi connectivity index (χ2v) is 5.64. The van der Waals surface area contributed by atoms with E-state index in [2.05, 4.69) is 34.7 Å². The van der Waals surface area contributed by atoms with Crippen LogP contribution in [0.3, 0.4) is 0 Å². The molecule has 0 radical (unpaired) electrons. The highest BCUT2D eigenvalue weighted by Crippen LogP contribution is 2.17. The molecule has 5 heteroatoms. The minimum atomic E-state index is 0.529. The van der Waals surface area contributed by atoms with Gasteiger partial charge in [-0.15, -0.1) is 0 Å². The number of para-hydroxylation sites is 1. The van der Waals surface area contributed by atoms with E-state index in [1.54, 1.807) is 14.2 Å². The molecule has 0 aromatic heterocycles. The Labute approximate surface area is 150 Å². The maximum Gasteiger partial charge on any atom is 0.191 e. The minimum absolute atomic E-state index is 0.529. The highest BCUT2D eigenvalue weighted by Gasteiger charge is 2.02. The third kappa shape index (κ3) is 6.12. The summed E-state index contributed by atoms with van der Waals surface area (Å²) in [7, 11) is 3.44. The van der Waals surface area contributed by atoms with Crippen molar-refractivity contribution in [1.82, 2.24) is 10.6 Å². The van der Waals surface area contributed by atoms with Crippen molar-refractivity contribution in [3.63, 3.8) is 0 Å². The molecule has 2 aromatic carbocycles. The van der Waals surface area contributed by atoms with Gasteiger partial charge in [-0.05, 0) is 24.1 Å². The zero-order valence-corrected chi connectivity index (χ0v) is 15.2. The van der Waals surface area contributed by atoms with Crippen molar-refractivity contribution >= 4 is 5.96 Å². The summed E-state index contributed by atoms with van der Waals surface area (Å²) < 4.78 is 11.0. The van der Waals surface area contributed by atoms with Gasteiger partial charge in [-0.25, -0.2) is 0 Å². The summed E-state index contributed by atoms with van der Waals surface area (Å²) in [4.78, 5) is 4.23. The fourth-order valence-electron chi connectivity index (χ4n) is 2.45. The van der Waals surface area contributed by atoms with Crippen LogP contribution in [0.25, 0.3) is 0 Å². The van der Waals surface area contributed by atoms with Gasteiger partial charge in [-0.1, -0.05) is 42.5 Å². The number of guanidine groups is 1. The molecule has 0 fully saturated rings.